The van der Waals surface area contributed by atoms with Crippen molar-refractivity contribution in [1.29, 1.82) is 0 Å². The lowest BCUT2D eigenvalue weighted by molar-refractivity contribution is 0.424. The molecule has 17 heavy (non-hydrogen) atoms. The molecular formula is C11H14IN5. The maximum atomic E-state index is 5.99. The monoisotopic (exact) mass is 343 g/mol. The number of nitrogens with zero attached hydrogens (tertiary/aromatic N) is 4. The van der Waals surface area contributed by atoms with Gasteiger partial charge in [-0.05, 0) is 35.4 Å². The van der Waals surface area contributed by atoms with Crippen molar-refractivity contribution in [3.63, 3.8) is 0 Å². The van der Waals surface area contributed by atoms with E-state index in [1.165, 1.54) is 32.1 Å². The number of hydrogen-bond acceptors (Lipinski definition) is 4. The molecule has 1 saturated carbocycles. The SMILES string of the molecule is Nc1nc(C2CCCCC2)nn2cnc(I)c12. The van der Waals surface area contributed by atoms with Crippen molar-refractivity contribution in [1.82, 2.24) is 19.6 Å². The quantitative estimate of drug-likeness (QED) is 0.807. The lowest BCUT2D eigenvalue weighted by atomic mass is 9.89. The third-order valence-electron chi connectivity index (χ3n) is 3.36. The van der Waals surface area contributed by atoms with E-state index < -0.39 is 0 Å². The molecule has 0 bridgehead atoms. The minimum atomic E-state index is 0.468. The van der Waals surface area contributed by atoms with Crippen LogP contribution in [0.3, 0.4) is 0 Å². The first-order valence-electron chi connectivity index (χ1n) is 5.92. The Balaban J connectivity index is 2.05. The van der Waals surface area contributed by atoms with Crippen LogP contribution in [0.4, 0.5) is 5.82 Å². The number of hydrogen-bond donors (Lipinski definition) is 1. The van der Waals surface area contributed by atoms with Gasteiger partial charge < -0.3 is 5.73 Å². The second-order valence-corrected chi connectivity index (χ2v) is 5.54. The van der Waals surface area contributed by atoms with Crippen molar-refractivity contribution in [3.05, 3.63) is 15.9 Å². The molecule has 0 amide bonds. The van der Waals surface area contributed by atoms with Crippen molar-refractivity contribution >= 4 is 33.9 Å². The fraction of sp³-hybridized carbons (Fsp3) is 0.545. The van der Waals surface area contributed by atoms with Gasteiger partial charge in [0.15, 0.2) is 11.6 Å². The molecule has 0 aliphatic heterocycles. The third-order valence-corrected chi connectivity index (χ3v) is 4.15. The van der Waals surface area contributed by atoms with Crippen LogP contribution >= 0.6 is 22.6 Å². The molecule has 90 valence electrons. The number of nitrogen functional groups attached to an aromatic ring is 1. The van der Waals surface area contributed by atoms with Crippen LogP contribution < -0.4 is 5.73 Å². The number of rotatable bonds is 1. The van der Waals surface area contributed by atoms with Crippen LogP contribution in [0.5, 0.6) is 0 Å². The average Bonchev–Trinajstić information content (AvgIpc) is 2.73. The van der Waals surface area contributed by atoms with E-state index in [1.807, 2.05) is 0 Å². The van der Waals surface area contributed by atoms with E-state index in [1.54, 1.807) is 10.8 Å². The molecule has 0 saturated heterocycles. The van der Waals surface area contributed by atoms with Crippen LogP contribution in [0, 0.1) is 3.70 Å². The first-order valence-corrected chi connectivity index (χ1v) is 7.00. The van der Waals surface area contributed by atoms with Gasteiger partial charge in [-0.25, -0.2) is 14.5 Å². The topological polar surface area (TPSA) is 69.1 Å². The fourth-order valence-electron chi connectivity index (χ4n) is 2.46. The summed E-state index contributed by atoms with van der Waals surface area (Å²) in [6.45, 7) is 0. The summed E-state index contributed by atoms with van der Waals surface area (Å²) in [5.74, 6) is 1.89. The molecule has 0 spiro atoms. The Bertz CT molecular complexity index is 544. The van der Waals surface area contributed by atoms with Gasteiger partial charge in [0.25, 0.3) is 0 Å². The number of halogens is 1. The van der Waals surface area contributed by atoms with Crippen molar-refractivity contribution in [2.24, 2.45) is 0 Å². The first kappa shape index (κ1) is 11.2. The van der Waals surface area contributed by atoms with Crippen molar-refractivity contribution in [3.8, 4) is 0 Å². The predicted molar refractivity (Wildman–Crippen MR) is 73.7 cm³/mol. The number of aromatic nitrogens is 4. The molecule has 1 fully saturated rings. The van der Waals surface area contributed by atoms with Crippen molar-refractivity contribution in [2.45, 2.75) is 38.0 Å². The Kier molecular flexibility index (Phi) is 2.89. The summed E-state index contributed by atoms with van der Waals surface area (Å²) in [4.78, 5) is 8.67. The second-order valence-electron chi connectivity index (χ2n) is 4.52. The first-order chi connectivity index (χ1) is 8.25. The summed E-state index contributed by atoms with van der Waals surface area (Å²) in [6.07, 6.45) is 7.94. The van der Waals surface area contributed by atoms with Crippen molar-refractivity contribution < 1.29 is 0 Å². The zero-order valence-corrected chi connectivity index (χ0v) is 11.6. The molecule has 2 aromatic heterocycles. The Morgan fingerprint density at radius 2 is 2.06 bits per heavy atom. The number of anilines is 1. The average molecular weight is 343 g/mol. The molecule has 0 radical (unpaired) electrons. The minimum absolute atomic E-state index is 0.468. The molecule has 0 unspecified atom stereocenters. The highest BCUT2D eigenvalue weighted by Crippen LogP contribution is 2.31. The van der Waals surface area contributed by atoms with Gasteiger partial charge >= 0.3 is 0 Å². The van der Waals surface area contributed by atoms with Gasteiger partial charge in [0.05, 0.1) is 0 Å². The lowest BCUT2D eigenvalue weighted by Gasteiger charge is -2.20. The smallest absolute Gasteiger partial charge is 0.154 e. The van der Waals surface area contributed by atoms with E-state index in [9.17, 15) is 0 Å². The molecule has 3 rings (SSSR count). The predicted octanol–water partition coefficient (Wildman–Crippen LogP) is 2.36. The van der Waals surface area contributed by atoms with E-state index in [0.29, 0.717) is 11.7 Å². The molecule has 2 N–H and O–H groups in total. The van der Waals surface area contributed by atoms with Gasteiger partial charge in [-0.15, -0.1) is 0 Å². The highest BCUT2D eigenvalue weighted by molar-refractivity contribution is 14.1. The molecule has 0 aromatic carbocycles. The van der Waals surface area contributed by atoms with Gasteiger partial charge in [-0.3, -0.25) is 0 Å². The highest BCUT2D eigenvalue weighted by Gasteiger charge is 2.20. The van der Waals surface area contributed by atoms with Gasteiger partial charge in [0, 0.05) is 5.92 Å². The largest absolute Gasteiger partial charge is 0.382 e. The van der Waals surface area contributed by atoms with Gasteiger partial charge in [-0.1, -0.05) is 19.3 Å². The summed E-state index contributed by atoms with van der Waals surface area (Å²) in [5, 5.41) is 4.54. The normalized spacial score (nSPS) is 17.7. The molecule has 2 aromatic rings. The molecule has 6 heteroatoms. The van der Waals surface area contributed by atoms with E-state index in [2.05, 4.69) is 37.7 Å². The van der Waals surface area contributed by atoms with Crippen LogP contribution in [0.25, 0.3) is 5.52 Å². The van der Waals surface area contributed by atoms with E-state index >= 15 is 0 Å². The molecular weight excluding hydrogens is 329 g/mol. The minimum Gasteiger partial charge on any atom is -0.382 e. The highest BCUT2D eigenvalue weighted by atomic mass is 127. The maximum Gasteiger partial charge on any atom is 0.154 e. The molecule has 2 heterocycles. The third kappa shape index (κ3) is 1.98. The fourth-order valence-corrected chi connectivity index (χ4v) is 3.11. The van der Waals surface area contributed by atoms with E-state index in [0.717, 1.165) is 15.0 Å². The Morgan fingerprint density at radius 1 is 1.29 bits per heavy atom. The second kappa shape index (κ2) is 4.40. The Labute approximate surface area is 113 Å². The van der Waals surface area contributed by atoms with Crippen LogP contribution in [0.2, 0.25) is 0 Å². The van der Waals surface area contributed by atoms with E-state index in [-0.39, 0.29) is 0 Å². The van der Waals surface area contributed by atoms with Crippen LogP contribution in [-0.4, -0.2) is 19.6 Å². The Hall–Kier alpha value is -0.920. The molecule has 1 aliphatic rings. The van der Waals surface area contributed by atoms with Crippen molar-refractivity contribution in [2.75, 3.05) is 5.73 Å². The van der Waals surface area contributed by atoms with Crippen LogP contribution in [-0.2, 0) is 0 Å². The summed E-state index contributed by atoms with van der Waals surface area (Å²) in [6, 6.07) is 0. The zero-order valence-electron chi connectivity index (χ0n) is 9.43. The standard InChI is InChI=1S/C11H14IN5/c12-9-8-10(13)15-11(16-17(8)6-14-9)7-4-2-1-3-5-7/h6-7H,1-5H2,(H2,13,15,16). The number of fused-ring (bicyclic) bond motifs is 1. The van der Waals surface area contributed by atoms with Gasteiger partial charge in [-0.2, -0.15) is 5.10 Å². The molecule has 1 aliphatic carbocycles. The summed E-state index contributed by atoms with van der Waals surface area (Å²) >= 11 is 2.15. The number of imidazole rings is 1. The summed E-state index contributed by atoms with van der Waals surface area (Å²) in [7, 11) is 0. The Morgan fingerprint density at radius 3 is 2.82 bits per heavy atom. The van der Waals surface area contributed by atoms with Gasteiger partial charge in [0.1, 0.15) is 15.5 Å². The van der Waals surface area contributed by atoms with Crippen LogP contribution in [0.15, 0.2) is 6.33 Å². The lowest BCUT2D eigenvalue weighted by Crippen LogP contribution is -2.13. The molecule has 0 atom stereocenters. The summed E-state index contributed by atoms with van der Waals surface area (Å²) < 4.78 is 2.61. The molecule has 5 nitrogen and oxygen atoms in total. The van der Waals surface area contributed by atoms with Crippen LogP contribution in [0.1, 0.15) is 43.8 Å². The maximum absolute atomic E-state index is 5.99. The number of nitrogens with two attached hydrogens (primary N) is 1. The summed E-state index contributed by atoms with van der Waals surface area (Å²) in [5.41, 5.74) is 6.82. The zero-order chi connectivity index (χ0) is 11.8. The van der Waals surface area contributed by atoms with Gasteiger partial charge in [0.2, 0.25) is 0 Å². The van der Waals surface area contributed by atoms with E-state index in [4.69, 9.17) is 5.73 Å².